The number of aromatic nitrogens is 4. The summed E-state index contributed by atoms with van der Waals surface area (Å²) in [4.78, 5) is 54.0. The van der Waals surface area contributed by atoms with Crippen molar-refractivity contribution >= 4 is 90.1 Å². The number of aliphatic imine (C=N–C) groups is 1. The second-order valence-electron chi connectivity index (χ2n) is 37.3. The molecule has 9 atom stereocenters. The van der Waals surface area contributed by atoms with Gasteiger partial charge in [0.25, 0.3) is 0 Å². The summed E-state index contributed by atoms with van der Waals surface area (Å²) < 4.78 is 26.9. The number of ether oxygens (including phenoxy) is 2. The average molecular weight is 1630 g/mol. The van der Waals surface area contributed by atoms with E-state index in [0.29, 0.717) is 17.8 Å². The Morgan fingerprint density at radius 3 is 1.38 bits per heavy atom. The number of halogens is 2. The van der Waals surface area contributed by atoms with Gasteiger partial charge in [0.1, 0.15) is 22.9 Å². The molecule has 1 unspecified atom stereocenters. The van der Waals surface area contributed by atoms with Crippen molar-refractivity contribution in [2.45, 2.75) is 290 Å². The van der Waals surface area contributed by atoms with Crippen LogP contribution >= 0.6 is 31.9 Å². The van der Waals surface area contributed by atoms with Crippen LogP contribution in [0.4, 0.5) is 15.3 Å². The summed E-state index contributed by atoms with van der Waals surface area (Å²) in [6.07, 6.45) is 28.1. The number of amides is 2. The first-order valence-electron chi connectivity index (χ1n) is 42.1. The van der Waals surface area contributed by atoms with Crippen LogP contribution in [-0.2, 0) is 76.6 Å². The van der Waals surface area contributed by atoms with Crippen LogP contribution in [0, 0.1) is 23.7 Å². The molecule has 16 heteroatoms. The summed E-state index contributed by atoms with van der Waals surface area (Å²) in [5.41, 5.74) is 23.0. The fourth-order valence-electron chi connectivity index (χ4n) is 20.4. The molecule has 7 aromatic carbocycles. The number of aromatic amines is 2. The number of H-pyrrole nitrogens is 2. The highest BCUT2D eigenvalue weighted by Crippen LogP contribution is 2.51. The number of carbonyl (C=O) groups excluding carboxylic acids is 2. The molecule has 25 rings (SSSR count). The smallest absolute Gasteiger partial charge is 0.444 e. The van der Waals surface area contributed by atoms with Gasteiger partial charge in [-0.15, -0.1) is 0 Å². The van der Waals surface area contributed by atoms with Crippen LogP contribution in [0.5, 0.6) is 0 Å². The van der Waals surface area contributed by atoms with Crippen molar-refractivity contribution in [1.29, 1.82) is 0 Å². The van der Waals surface area contributed by atoms with E-state index in [2.05, 4.69) is 197 Å². The van der Waals surface area contributed by atoms with E-state index in [1.165, 1.54) is 157 Å². The Kier molecular flexibility index (Phi) is 22.2. The zero-order valence-electron chi connectivity index (χ0n) is 67.0. The fourth-order valence-corrected chi connectivity index (χ4v) is 21.7. The Morgan fingerprint density at radius 2 is 0.893 bits per heavy atom. The van der Waals surface area contributed by atoms with E-state index in [9.17, 15) is 9.59 Å². The topological polar surface area (TPSA) is 147 Å². The largest absolute Gasteiger partial charge is 0.494 e. The van der Waals surface area contributed by atoms with E-state index in [-0.39, 0.29) is 55.0 Å². The number of likely N-dealkylation sites (tertiary alicyclic amines) is 2. The summed E-state index contributed by atoms with van der Waals surface area (Å²) >= 11 is 7.39. The first-order chi connectivity index (χ1) is 53.3. The number of nitrogens with zero attached hydrogens (tertiary/aromatic N) is 5. The number of hydrogen-bond acceptors (Lipinski definition) is 9. The van der Waals surface area contributed by atoms with Crippen LogP contribution in [-0.4, -0.2) is 95.3 Å². The van der Waals surface area contributed by atoms with E-state index in [1.54, 1.807) is 0 Å². The second-order valence-corrected chi connectivity index (χ2v) is 39.0. The van der Waals surface area contributed by atoms with Gasteiger partial charge in [0.2, 0.25) is 0 Å². The number of aryl methyl sites for hydroxylation is 8. The molecule has 8 bridgehead atoms. The lowest BCUT2D eigenvalue weighted by atomic mass is 9.78. The van der Waals surface area contributed by atoms with Gasteiger partial charge in [-0.25, -0.2) is 19.6 Å². The zero-order valence-corrected chi connectivity index (χ0v) is 70.2. The predicted molar refractivity (Wildman–Crippen MR) is 461 cm³/mol. The maximum Gasteiger partial charge on any atom is 0.494 e. The molecule has 4 aliphatic heterocycles. The monoisotopic (exact) mass is 1630 g/mol. The van der Waals surface area contributed by atoms with Gasteiger partial charge in [0.15, 0.2) is 0 Å². The molecule has 7 fully saturated rings. The van der Waals surface area contributed by atoms with Crippen molar-refractivity contribution in [3.8, 4) is 22.3 Å². The van der Waals surface area contributed by atoms with Crippen molar-refractivity contribution in [1.82, 2.24) is 29.7 Å². The van der Waals surface area contributed by atoms with Gasteiger partial charge < -0.3 is 28.8 Å². The minimum atomic E-state index is -0.541. The SMILES string of the molecule is Brc1cc2ccc1CCc1ccc(c(Br)c1)CC2.C.CC(C)(C)OC(=O)N1[C@H](C2=Nc3cc(B4OC(C)(C)C(C)(C)O4)ccc3C2)C[C@@H]2CCCC[C@@H]21.CC(C)(C)OC(=O)N1[C@H](c2nc3ccc(-c4cc5ccc4CCc4ccc(c(-c6ccc7nc(C8C[C@H]9CCCC[C@H]9C8)[nH]c7c6)c4)CC5)cc3[nH]2)C[C@@H]2CCCC[C@@H]21. The summed E-state index contributed by atoms with van der Waals surface area (Å²) in [6.45, 7) is 20.0. The summed E-state index contributed by atoms with van der Waals surface area (Å²) in [6, 6.07) is 48.3. The van der Waals surface area contributed by atoms with E-state index < -0.39 is 18.3 Å². The lowest BCUT2D eigenvalue weighted by Crippen LogP contribution is -2.48. The number of nitrogens with one attached hydrogen (secondary N) is 2. The van der Waals surface area contributed by atoms with Gasteiger partial charge in [-0.05, 0) is 316 Å². The maximum absolute atomic E-state index is 13.7. The van der Waals surface area contributed by atoms with Crippen LogP contribution in [0.3, 0.4) is 0 Å². The molecular weight excluding hydrogens is 1520 g/mol. The van der Waals surface area contributed by atoms with Crippen LogP contribution in [0.15, 0.2) is 141 Å². The summed E-state index contributed by atoms with van der Waals surface area (Å²) in [7, 11) is -0.401. The van der Waals surface area contributed by atoms with Gasteiger partial charge in [-0.3, -0.25) is 14.8 Å². The molecule has 12 aliphatic carbocycles. The number of fused-ring (bicyclic) bond motifs is 6. The lowest BCUT2D eigenvalue weighted by Gasteiger charge is -2.35. The van der Waals surface area contributed by atoms with Crippen molar-refractivity contribution in [2.75, 3.05) is 0 Å². The molecule has 2 aromatic heterocycles. The first kappa shape index (κ1) is 78.5. The number of imidazole rings is 2. The number of benzene rings is 7. The lowest BCUT2D eigenvalue weighted by molar-refractivity contribution is 0.00578. The Labute approximate surface area is 682 Å². The van der Waals surface area contributed by atoms with Crippen molar-refractivity contribution < 1.29 is 28.4 Å². The minimum absolute atomic E-state index is 0. The third-order valence-corrected chi connectivity index (χ3v) is 28.4. The third kappa shape index (κ3) is 16.5. The predicted octanol–water partition coefficient (Wildman–Crippen LogP) is 23.5. The van der Waals surface area contributed by atoms with Gasteiger partial charge in [0.05, 0.1) is 51.0 Å². The molecule has 16 aliphatic rings. The van der Waals surface area contributed by atoms with Gasteiger partial charge in [-0.1, -0.05) is 176 Å². The minimum Gasteiger partial charge on any atom is -0.444 e. The van der Waals surface area contributed by atoms with Crippen LogP contribution in [0.1, 0.15) is 253 Å². The number of rotatable bonds is 6. The molecule has 9 aromatic rings. The maximum atomic E-state index is 13.7. The molecule has 112 heavy (non-hydrogen) atoms. The van der Waals surface area contributed by atoms with Crippen LogP contribution < -0.4 is 5.46 Å². The third-order valence-electron chi connectivity index (χ3n) is 26.9. The summed E-state index contributed by atoms with van der Waals surface area (Å²) in [5.74, 6) is 5.51. The molecule has 4 saturated carbocycles. The molecule has 2 N–H and O–H groups in total. The number of carbonyl (C=O) groups is 2. The Balaban J connectivity index is 0.000000150. The number of hydrogen-bond donors (Lipinski definition) is 2. The van der Waals surface area contributed by atoms with E-state index in [0.717, 1.165) is 147 Å². The quantitative estimate of drug-likeness (QED) is 0.156. The Hall–Kier alpha value is -7.37. The average Bonchev–Trinajstić information content (AvgIpc) is 1.61. The normalized spacial score (nSPS) is 24.8. The second kappa shape index (κ2) is 31.7. The van der Waals surface area contributed by atoms with Gasteiger partial charge in [0, 0.05) is 39.1 Å². The molecule has 3 saturated heterocycles. The van der Waals surface area contributed by atoms with Crippen molar-refractivity contribution in [2.24, 2.45) is 28.7 Å². The molecular formula is C96H116BBr2N7O6. The molecule has 588 valence electrons. The van der Waals surface area contributed by atoms with Crippen molar-refractivity contribution in [3.63, 3.8) is 0 Å². The molecule has 2 amide bonds. The van der Waals surface area contributed by atoms with E-state index in [1.807, 2.05) is 51.3 Å². The zero-order chi connectivity index (χ0) is 76.8. The molecule has 6 heterocycles. The van der Waals surface area contributed by atoms with Crippen LogP contribution in [0.25, 0.3) is 44.3 Å². The summed E-state index contributed by atoms with van der Waals surface area (Å²) in [5, 5.41) is 0. The fraction of sp³-hybridized carbons (Fsp3) is 0.510. The van der Waals surface area contributed by atoms with E-state index >= 15 is 0 Å². The van der Waals surface area contributed by atoms with E-state index in [4.69, 9.17) is 33.7 Å². The standard InChI is InChI=1S/C52H59N5O2.C27H39BN2O4.C16H14Br2.CH4/c1-52(2,3)59-51(58)57-47-11-7-6-10-39(47)30-48(57)50-54-44-23-21-38(29-46(44)56-50)42-25-32-13-17-33-16-12-31(14-18-34(42)19-15-32)24-41(33)37-20-22-43-45(28-37)55-49(53-43)40-26-35-8-4-5-9-36(35)27-40;1-25(2,3)32-24(31)30-22-11-9-8-10-18(22)15-23(30)21-14-17-12-13-19(16-20(17)29-21)28-33-26(4,5)27(6,7)34-28;17-15-9-11-1-5-13(15)8-4-12-2-6-14(7-3-11)16(18)10-12;/h12,15-16,19-25,28-29,35-36,39-40,47-48H,4-11,13-14,17-18,26-27,30H2,1-3H3,(H,53,55)(H,54,56);12-13,16,18,22-23H,8-11,14-15H2,1-7H3;1-2,5-6,9-10H,3-4,7-8H2;1H4/t35-,36+,39-,40?,47-,48-;18-,22-,23-;;/m00../s1. The highest BCUT2D eigenvalue weighted by Gasteiger charge is 2.53. The Bertz CT molecular complexity index is 4960. The Morgan fingerprint density at radius 1 is 0.473 bits per heavy atom. The highest BCUT2D eigenvalue weighted by atomic mass is 79.9. The van der Waals surface area contributed by atoms with Crippen molar-refractivity contribution in [3.05, 3.63) is 198 Å². The molecule has 0 spiro atoms. The van der Waals surface area contributed by atoms with Gasteiger partial charge >= 0.3 is 19.3 Å². The molecule has 0 radical (unpaired) electrons. The molecule has 13 nitrogen and oxygen atoms in total. The van der Waals surface area contributed by atoms with Gasteiger partial charge in [-0.2, -0.15) is 0 Å². The van der Waals surface area contributed by atoms with Crippen LogP contribution in [0.2, 0.25) is 0 Å². The first-order valence-corrected chi connectivity index (χ1v) is 43.7. The highest BCUT2D eigenvalue weighted by molar-refractivity contribution is 9.10.